The highest BCUT2D eigenvalue weighted by Gasteiger charge is 2.52. The molecule has 5 aliphatic rings. The number of ether oxygens (including phenoxy) is 1. The van der Waals surface area contributed by atoms with Crippen molar-refractivity contribution in [3.8, 4) is 11.5 Å². The van der Waals surface area contributed by atoms with Crippen molar-refractivity contribution >= 4 is 35.3 Å². The molecule has 4 atom stereocenters. The molecule has 2 aromatic carbocycles. The molecule has 3 N–H and O–H groups in total. The fourth-order valence-electron chi connectivity index (χ4n) is 6.96. The SMILES string of the molecule is C/C(=C\C1CC1)C(=O)N1CCC[C@@H](NC(=O)C2=C3NC(=O)N(c4ccc(Oc5ccccc5)cc4C)C4CCNC(S2)C34)C1. The number of benzene rings is 2. The van der Waals surface area contributed by atoms with Gasteiger partial charge in [0.15, 0.2) is 0 Å². The van der Waals surface area contributed by atoms with E-state index in [4.69, 9.17) is 4.74 Å². The van der Waals surface area contributed by atoms with Crippen molar-refractivity contribution in [2.24, 2.45) is 11.8 Å². The number of nitrogens with zero attached hydrogens (tertiary/aromatic N) is 2. The third-order valence-corrected chi connectivity index (χ3v) is 10.6. The number of thioether (sulfide) groups is 1. The number of piperidine rings is 2. The number of amides is 4. The third kappa shape index (κ3) is 5.73. The minimum atomic E-state index is -0.220. The van der Waals surface area contributed by atoms with Gasteiger partial charge in [0.1, 0.15) is 11.5 Å². The summed E-state index contributed by atoms with van der Waals surface area (Å²) in [7, 11) is 0. The number of likely N-dealkylation sites (tertiary alicyclic amines) is 1. The van der Waals surface area contributed by atoms with E-state index in [2.05, 4.69) is 22.0 Å². The number of para-hydroxylation sites is 1. The van der Waals surface area contributed by atoms with Crippen molar-refractivity contribution in [1.29, 1.82) is 0 Å². The number of carbonyl (C=O) groups excluding carboxylic acids is 3. The first kappa shape index (κ1) is 29.0. The van der Waals surface area contributed by atoms with E-state index in [-0.39, 0.29) is 41.2 Å². The van der Waals surface area contributed by atoms with Gasteiger partial charge in [0.25, 0.3) is 5.91 Å². The van der Waals surface area contributed by atoms with Gasteiger partial charge in [0, 0.05) is 42.0 Å². The van der Waals surface area contributed by atoms with Crippen LogP contribution in [0, 0.1) is 18.8 Å². The second-order valence-electron chi connectivity index (χ2n) is 12.5. The molecule has 7 rings (SSSR count). The maximum Gasteiger partial charge on any atom is 0.326 e. The number of urea groups is 1. The zero-order valence-electron chi connectivity index (χ0n) is 25.2. The molecule has 3 unspecified atom stereocenters. The quantitative estimate of drug-likeness (QED) is 0.378. The lowest BCUT2D eigenvalue weighted by Gasteiger charge is -2.46. The largest absolute Gasteiger partial charge is 0.457 e. The van der Waals surface area contributed by atoms with Crippen molar-refractivity contribution in [1.82, 2.24) is 20.9 Å². The molecule has 4 heterocycles. The molecule has 0 bridgehead atoms. The average Bonchev–Trinajstić information content (AvgIpc) is 3.76. The monoisotopic (exact) mass is 613 g/mol. The Morgan fingerprint density at radius 1 is 1.07 bits per heavy atom. The van der Waals surface area contributed by atoms with E-state index in [1.165, 1.54) is 24.6 Å². The Labute approximate surface area is 262 Å². The Morgan fingerprint density at radius 2 is 1.89 bits per heavy atom. The highest BCUT2D eigenvalue weighted by atomic mass is 32.2. The lowest BCUT2D eigenvalue weighted by molar-refractivity contribution is -0.129. The van der Waals surface area contributed by atoms with Crippen LogP contribution in [0.1, 0.15) is 44.6 Å². The fourth-order valence-corrected chi connectivity index (χ4v) is 8.36. The molecule has 3 saturated heterocycles. The zero-order valence-corrected chi connectivity index (χ0v) is 26.0. The van der Waals surface area contributed by atoms with Crippen LogP contribution in [0.4, 0.5) is 10.5 Å². The molecule has 2 aromatic rings. The molecule has 9 nitrogen and oxygen atoms in total. The van der Waals surface area contributed by atoms with Gasteiger partial charge in [-0.2, -0.15) is 0 Å². The van der Waals surface area contributed by atoms with Crippen LogP contribution in [0.5, 0.6) is 11.5 Å². The van der Waals surface area contributed by atoms with Crippen LogP contribution in [-0.4, -0.2) is 59.8 Å². The Balaban J connectivity index is 1.07. The number of allylic oxidation sites excluding steroid dienone is 1. The molecule has 0 aromatic heterocycles. The molecule has 4 amide bonds. The van der Waals surface area contributed by atoms with Crippen molar-refractivity contribution in [3.63, 3.8) is 0 Å². The Morgan fingerprint density at radius 3 is 2.66 bits per heavy atom. The molecule has 0 spiro atoms. The molecule has 4 fully saturated rings. The van der Waals surface area contributed by atoms with Crippen LogP contribution in [0.15, 0.2) is 70.8 Å². The minimum Gasteiger partial charge on any atom is -0.457 e. The summed E-state index contributed by atoms with van der Waals surface area (Å²) >= 11 is 1.51. The van der Waals surface area contributed by atoms with Gasteiger partial charge in [-0.1, -0.05) is 36.0 Å². The Kier molecular flexibility index (Phi) is 7.88. The topological polar surface area (TPSA) is 103 Å². The number of hydrogen-bond acceptors (Lipinski definition) is 6. The van der Waals surface area contributed by atoms with E-state index < -0.39 is 0 Å². The van der Waals surface area contributed by atoms with Crippen LogP contribution >= 0.6 is 11.8 Å². The number of aryl methyl sites for hydroxylation is 1. The van der Waals surface area contributed by atoms with Crippen molar-refractivity contribution < 1.29 is 19.1 Å². The molecule has 0 radical (unpaired) electrons. The van der Waals surface area contributed by atoms with Crippen LogP contribution in [-0.2, 0) is 9.59 Å². The second-order valence-corrected chi connectivity index (χ2v) is 13.7. The number of rotatable bonds is 7. The van der Waals surface area contributed by atoms with Crippen LogP contribution < -0.4 is 25.6 Å². The van der Waals surface area contributed by atoms with Gasteiger partial charge in [-0.05, 0) is 94.3 Å². The van der Waals surface area contributed by atoms with E-state index in [1.54, 1.807) is 0 Å². The van der Waals surface area contributed by atoms with E-state index in [0.29, 0.717) is 35.4 Å². The van der Waals surface area contributed by atoms with E-state index in [1.807, 2.05) is 72.2 Å². The predicted molar refractivity (Wildman–Crippen MR) is 171 cm³/mol. The molecule has 1 aliphatic carbocycles. The molecule has 230 valence electrons. The summed E-state index contributed by atoms with van der Waals surface area (Å²) in [5, 5.41) is 9.89. The number of carbonyl (C=O) groups is 3. The predicted octanol–water partition coefficient (Wildman–Crippen LogP) is 5.04. The lowest BCUT2D eigenvalue weighted by Crippen LogP contribution is -2.62. The summed E-state index contributed by atoms with van der Waals surface area (Å²) in [4.78, 5) is 44.8. The first-order chi connectivity index (χ1) is 21.4. The number of nitrogens with one attached hydrogen (secondary N) is 3. The Bertz CT molecular complexity index is 1540. The highest BCUT2D eigenvalue weighted by Crippen LogP contribution is 2.48. The van der Waals surface area contributed by atoms with Crippen molar-refractivity contribution in [2.75, 3.05) is 24.5 Å². The van der Waals surface area contributed by atoms with E-state index in [0.717, 1.165) is 48.4 Å². The number of hydrogen-bond donors (Lipinski definition) is 3. The maximum atomic E-state index is 13.7. The van der Waals surface area contributed by atoms with Gasteiger partial charge in [0.2, 0.25) is 5.91 Å². The van der Waals surface area contributed by atoms with E-state index in [9.17, 15) is 14.4 Å². The molecule has 10 heteroatoms. The summed E-state index contributed by atoms with van der Waals surface area (Å²) in [6.07, 6.45) is 6.89. The van der Waals surface area contributed by atoms with Gasteiger partial charge >= 0.3 is 6.03 Å². The van der Waals surface area contributed by atoms with Crippen LogP contribution in [0.3, 0.4) is 0 Å². The van der Waals surface area contributed by atoms with Gasteiger partial charge in [-0.3, -0.25) is 14.5 Å². The molecular formula is C34H39N5O4S. The summed E-state index contributed by atoms with van der Waals surface area (Å²) in [6, 6.07) is 15.0. The fraction of sp³-hybridized carbons (Fsp3) is 0.441. The van der Waals surface area contributed by atoms with Gasteiger partial charge < -0.3 is 25.6 Å². The Hall–Kier alpha value is -3.76. The van der Waals surface area contributed by atoms with Crippen LogP contribution in [0.25, 0.3) is 0 Å². The van der Waals surface area contributed by atoms with Crippen LogP contribution in [0.2, 0.25) is 0 Å². The van der Waals surface area contributed by atoms with Gasteiger partial charge in [-0.15, -0.1) is 0 Å². The second kappa shape index (κ2) is 12.0. The summed E-state index contributed by atoms with van der Waals surface area (Å²) in [5.41, 5.74) is 3.30. The molecule has 4 aliphatic heterocycles. The average molecular weight is 614 g/mol. The smallest absolute Gasteiger partial charge is 0.326 e. The highest BCUT2D eigenvalue weighted by molar-refractivity contribution is 8.04. The molecule has 1 saturated carbocycles. The summed E-state index contributed by atoms with van der Waals surface area (Å²) < 4.78 is 6.02. The summed E-state index contributed by atoms with van der Waals surface area (Å²) in [6.45, 7) is 5.87. The van der Waals surface area contributed by atoms with Crippen molar-refractivity contribution in [2.45, 2.75) is 63.4 Å². The van der Waals surface area contributed by atoms with Gasteiger partial charge in [0.05, 0.1) is 16.3 Å². The zero-order chi connectivity index (χ0) is 30.4. The summed E-state index contributed by atoms with van der Waals surface area (Å²) in [5.74, 6) is 1.88. The molecular weight excluding hydrogens is 574 g/mol. The lowest BCUT2D eigenvalue weighted by atomic mass is 9.86. The molecule has 44 heavy (non-hydrogen) atoms. The normalized spacial score (nSPS) is 26.7. The first-order valence-electron chi connectivity index (χ1n) is 15.7. The maximum absolute atomic E-state index is 13.7. The standard InChI is InChI=1S/C34H39N5O4S/c1-20-18-25(43-24-8-4-3-5-9-24)12-13-26(20)39-27-14-15-35-32-28(27)29(37-34(39)42)30(44-32)31(40)36-23-7-6-16-38(19-23)33(41)21(2)17-22-10-11-22/h3-5,8-9,12-13,17-18,22-23,27-28,32,35H,6-7,10-11,14-16,19H2,1-2H3,(H,36,40)(H,37,42)/b21-17+/t23-,27?,28?,32?/m1/s1. The number of anilines is 1. The van der Waals surface area contributed by atoms with Crippen molar-refractivity contribution in [3.05, 3.63) is 76.3 Å². The first-order valence-corrected chi connectivity index (χ1v) is 16.6. The van der Waals surface area contributed by atoms with Gasteiger partial charge in [-0.25, -0.2) is 4.79 Å². The third-order valence-electron chi connectivity index (χ3n) is 9.24. The van der Waals surface area contributed by atoms with E-state index >= 15 is 0 Å². The minimum absolute atomic E-state index is 0.00626.